The van der Waals surface area contributed by atoms with Crippen molar-refractivity contribution in [3.05, 3.63) is 29.8 Å². The summed E-state index contributed by atoms with van der Waals surface area (Å²) in [4.78, 5) is 35.9. The average molecular weight is 431 g/mol. The highest BCUT2D eigenvalue weighted by atomic mass is 16.6. The maximum atomic E-state index is 12.3. The molecule has 4 unspecified atom stereocenters. The molecule has 168 valence electrons. The van der Waals surface area contributed by atoms with Crippen molar-refractivity contribution in [3.63, 3.8) is 0 Å². The van der Waals surface area contributed by atoms with Gasteiger partial charge in [0.05, 0.1) is 19.3 Å². The quantitative estimate of drug-likeness (QED) is 0.618. The van der Waals surface area contributed by atoms with Crippen LogP contribution in [-0.2, 0) is 14.2 Å². The maximum absolute atomic E-state index is 12.3. The summed E-state index contributed by atoms with van der Waals surface area (Å²) in [7, 11) is 0. The lowest BCUT2D eigenvalue weighted by Crippen LogP contribution is -2.51. The molecule has 1 aliphatic carbocycles. The fraction of sp³-hybridized carbons (Fsp3) is 0.591. The highest BCUT2D eigenvalue weighted by Crippen LogP contribution is 2.29. The van der Waals surface area contributed by atoms with Crippen LogP contribution in [-0.4, -0.2) is 61.5 Å². The second-order valence-electron chi connectivity index (χ2n) is 8.36. The standard InChI is InChI=1S/C22H29N3O6/c1-13(26)14-7-9-16(10-8-14)24-22(28)31-18-12-30-19-17(11-29-20(18)19)25-21(27)23-15-5-3-2-4-6-15/h7-10,15,17-20H,2-6,11-12H2,1H3,(H,24,28)(H2,23,25,27). The van der Waals surface area contributed by atoms with E-state index < -0.39 is 18.3 Å². The Morgan fingerprint density at radius 1 is 0.935 bits per heavy atom. The highest BCUT2D eigenvalue weighted by molar-refractivity contribution is 5.95. The molecule has 0 spiro atoms. The Morgan fingerprint density at radius 2 is 1.65 bits per heavy atom. The number of carbonyl (C=O) groups is 3. The molecule has 3 fully saturated rings. The van der Waals surface area contributed by atoms with Crippen molar-refractivity contribution >= 4 is 23.6 Å². The fourth-order valence-electron chi connectivity index (χ4n) is 4.40. The number of Topliss-reactive ketones (excluding diaryl/α,β-unsaturated/α-hetero) is 1. The van der Waals surface area contributed by atoms with Gasteiger partial charge in [0.25, 0.3) is 0 Å². The Kier molecular flexibility index (Phi) is 6.72. The van der Waals surface area contributed by atoms with E-state index in [0.29, 0.717) is 17.9 Å². The van der Waals surface area contributed by atoms with Crippen molar-refractivity contribution in [1.29, 1.82) is 0 Å². The lowest BCUT2D eigenvalue weighted by atomic mass is 9.96. The van der Waals surface area contributed by atoms with Crippen LogP contribution in [0.2, 0.25) is 0 Å². The van der Waals surface area contributed by atoms with Gasteiger partial charge in [-0.3, -0.25) is 10.1 Å². The molecule has 3 aliphatic rings. The van der Waals surface area contributed by atoms with Gasteiger partial charge in [-0.05, 0) is 44.0 Å². The van der Waals surface area contributed by atoms with Crippen molar-refractivity contribution in [3.8, 4) is 0 Å². The van der Waals surface area contributed by atoms with E-state index in [0.717, 1.165) is 25.7 Å². The maximum Gasteiger partial charge on any atom is 0.412 e. The zero-order valence-corrected chi connectivity index (χ0v) is 17.6. The summed E-state index contributed by atoms with van der Waals surface area (Å²) >= 11 is 0. The Labute approximate surface area is 181 Å². The first-order chi connectivity index (χ1) is 15.0. The van der Waals surface area contributed by atoms with Crippen LogP contribution < -0.4 is 16.0 Å². The summed E-state index contributed by atoms with van der Waals surface area (Å²) in [5.41, 5.74) is 1.09. The van der Waals surface area contributed by atoms with Crippen molar-refractivity contribution < 1.29 is 28.6 Å². The molecule has 31 heavy (non-hydrogen) atoms. The third kappa shape index (κ3) is 5.34. The number of hydrogen-bond acceptors (Lipinski definition) is 6. The van der Waals surface area contributed by atoms with E-state index >= 15 is 0 Å². The molecule has 1 aromatic rings. The van der Waals surface area contributed by atoms with Gasteiger partial charge in [-0.2, -0.15) is 0 Å². The lowest BCUT2D eigenvalue weighted by molar-refractivity contribution is 0.00871. The first-order valence-electron chi connectivity index (χ1n) is 10.9. The molecule has 0 bridgehead atoms. The Morgan fingerprint density at radius 3 is 2.35 bits per heavy atom. The predicted molar refractivity (Wildman–Crippen MR) is 112 cm³/mol. The minimum absolute atomic E-state index is 0.0442. The van der Waals surface area contributed by atoms with E-state index in [1.807, 2.05) is 0 Å². The van der Waals surface area contributed by atoms with Gasteiger partial charge in [0, 0.05) is 17.3 Å². The predicted octanol–water partition coefficient (Wildman–Crippen LogP) is 2.60. The summed E-state index contributed by atoms with van der Waals surface area (Å²) in [5.74, 6) is -0.0442. The van der Waals surface area contributed by atoms with Crippen molar-refractivity contribution in [2.45, 2.75) is 69.4 Å². The van der Waals surface area contributed by atoms with Gasteiger partial charge >= 0.3 is 12.1 Å². The zero-order valence-electron chi connectivity index (χ0n) is 17.6. The lowest BCUT2D eigenvalue weighted by Gasteiger charge is -2.24. The molecule has 2 aliphatic heterocycles. The molecule has 1 aromatic carbocycles. The monoisotopic (exact) mass is 431 g/mol. The third-order valence-electron chi connectivity index (χ3n) is 6.06. The smallest absolute Gasteiger partial charge is 0.412 e. The molecule has 2 saturated heterocycles. The van der Waals surface area contributed by atoms with Crippen molar-refractivity contribution in [2.75, 3.05) is 18.5 Å². The molecule has 4 rings (SSSR count). The number of anilines is 1. The average Bonchev–Trinajstić information content (AvgIpc) is 3.32. The van der Waals surface area contributed by atoms with Gasteiger partial charge in [0.1, 0.15) is 12.2 Å². The fourth-order valence-corrected chi connectivity index (χ4v) is 4.40. The minimum Gasteiger partial charge on any atom is -0.441 e. The summed E-state index contributed by atoms with van der Waals surface area (Å²) in [6, 6.07) is 6.29. The van der Waals surface area contributed by atoms with Crippen LogP contribution >= 0.6 is 0 Å². The SMILES string of the molecule is CC(=O)c1ccc(NC(=O)OC2COC3C(NC(=O)NC4CCCCC4)COC23)cc1. The topological polar surface area (TPSA) is 115 Å². The number of benzene rings is 1. The Hall–Kier alpha value is -2.65. The van der Waals surface area contributed by atoms with Crippen LogP contribution in [0.25, 0.3) is 0 Å². The number of hydrogen-bond donors (Lipinski definition) is 3. The highest BCUT2D eigenvalue weighted by Gasteiger charge is 2.50. The largest absolute Gasteiger partial charge is 0.441 e. The molecule has 4 atom stereocenters. The number of nitrogens with one attached hydrogen (secondary N) is 3. The van der Waals surface area contributed by atoms with Crippen molar-refractivity contribution in [2.24, 2.45) is 0 Å². The van der Waals surface area contributed by atoms with E-state index in [1.54, 1.807) is 24.3 Å². The van der Waals surface area contributed by atoms with Gasteiger partial charge in [-0.15, -0.1) is 0 Å². The molecule has 9 heteroatoms. The van der Waals surface area contributed by atoms with Gasteiger partial charge in [0.2, 0.25) is 0 Å². The van der Waals surface area contributed by atoms with Gasteiger partial charge < -0.3 is 24.8 Å². The minimum atomic E-state index is -0.625. The number of amides is 3. The molecule has 0 aromatic heterocycles. The second-order valence-corrected chi connectivity index (χ2v) is 8.36. The normalized spacial score (nSPS) is 27.9. The zero-order chi connectivity index (χ0) is 21.8. The number of carbonyl (C=O) groups excluding carboxylic acids is 3. The molecule has 1 saturated carbocycles. The molecule has 2 heterocycles. The van der Waals surface area contributed by atoms with Crippen LogP contribution in [0.15, 0.2) is 24.3 Å². The summed E-state index contributed by atoms with van der Waals surface area (Å²) in [5, 5.41) is 8.61. The Balaban J connectivity index is 1.24. The van der Waals surface area contributed by atoms with E-state index in [1.165, 1.54) is 13.3 Å². The molecule has 3 N–H and O–H groups in total. The van der Waals surface area contributed by atoms with E-state index in [-0.39, 0.29) is 36.6 Å². The summed E-state index contributed by atoms with van der Waals surface area (Å²) in [6.45, 7) is 1.99. The van der Waals surface area contributed by atoms with Crippen molar-refractivity contribution in [1.82, 2.24) is 10.6 Å². The Bertz CT molecular complexity index is 808. The molecule has 0 radical (unpaired) electrons. The number of ether oxygens (including phenoxy) is 3. The number of rotatable bonds is 5. The first-order valence-corrected chi connectivity index (χ1v) is 10.9. The number of urea groups is 1. The first kappa shape index (κ1) is 21.6. The van der Waals surface area contributed by atoms with Gasteiger partial charge in [-0.1, -0.05) is 19.3 Å². The van der Waals surface area contributed by atoms with Crippen LogP contribution in [0.3, 0.4) is 0 Å². The molecular formula is C22H29N3O6. The summed E-state index contributed by atoms with van der Waals surface area (Å²) in [6.07, 6.45) is 3.58. The van der Waals surface area contributed by atoms with E-state index in [9.17, 15) is 14.4 Å². The third-order valence-corrected chi connectivity index (χ3v) is 6.06. The van der Waals surface area contributed by atoms with E-state index in [4.69, 9.17) is 14.2 Å². The van der Waals surface area contributed by atoms with Crippen LogP contribution in [0.4, 0.5) is 15.3 Å². The van der Waals surface area contributed by atoms with E-state index in [2.05, 4.69) is 16.0 Å². The molecule has 9 nitrogen and oxygen atoms in total. The molecular weight excluding hydrogens is 402 g/mol. The number of ketones is 1. The van der Waals surface area contributed by atoms with Gasteiger partial charge in [0.15, 0.2) is 11.9 Å². The van der Waals surface area contributed by atoms with Crippen LogP contribution in [0.5, 0.6) is 0 Å². The second kappa shape index (κ2) is 9.65. The summed E-state index contributed by atoms with van der Waals surface area (Å²) < 4.78 is 17.0. The number of fused-ring (bicyclic) bond motifs is 1. The van der Waals surface area contributed by atoms with Crippen LogP contribution in [0.1, 0.15) is 49.4 Å². The van der Waals surface area contributed by atoms with Gasteiger partial charge in [-0.25, -0.2) is 9.59 Å². The van der Waals surface area contributed by atoms with Crippen LogP contribution in [0, 0.1) is 0 Å². The molecule has 3 amide bonds.